The highest BCUT2D eigenvalue weighted by Gasteiger charge is 2.38. The van der Waals surface area contributed by atoms with Crippen molar-refractivity contribution in [3.8, 4) is 22.3 Å². The van der Waals surface area contributed by atoms with Crippen LogP contribution in [0.5, 0.6) is 0 Å². The molecule has 0 fully saturated rings. The predicted molar refractivity (Wildman–Crippen MR) is 232 cm³/mol. The molecule has 1 unspecified atom stereocenters. The Morgan fingerprint density at radius 2 is 1.15 bits per heavy atom. The number of aliphatic imine (C=N–C) groups is 1. The van der Waals surface area contributed by atoms with E-state index in [0.29, 0.717) is 0 Å². The van der Waals surface area contributed by atoms with Crippen LogP contribution in [0.25, 0.3) is 49.9 Å². The molecule has 10 rings (SSSR count). The average molecular weight is 707 g/mol. The lowest BCUT2D eigenvalue weighted by Gasteiger charge is -2.25. The fraction of sp³-hybridized carbons (Fsp3) is 0.113. The SMILES string of the molecule is CC1(C)c2cc(-c3ccc(C4N=C(c5ccccc5)C=C(c5ccccc5)N4)cc3)ccc2-c2c1cc1ccccc1c2C1=CC=C(c2ccccc2)CC1. The Morgan fingerprint density at radius 3 is 1.85 bits per heavy atom. The summed E-state index contributed by atoms with van der Waals surface area (Å²) in [4.78, 5) is 5.20. The molecular weight excluding hydrogens is 665 g/mol. The molecule has 1 aliphatic heterocycles. The van der Waals surface area contributed by atoms with E-state index >= 15 is 0 Å². The maximum Gasteiger partial charge on any atom is 0.145 e. The van der Waals surface area contributed by atoms with Crippen LogP contribution in [0.15, 0.2) is 187 Å². The Hall–Kier alpha value is -6.51. The quantitative estimate of drug-likeness (QED) is 0.183. The number of benzene rings is 7. The lowest BCUT2D eigenvalue weighted by molar-refractivity contribution is 0.661. The number of hydrogen-bond acceptors (Lipinski definition) is 2. The van der Waals surface area contributed by atoms with Gasteiger partial charge >= 0.3 is 0 Å². The van der Waals surface area contributed by atoms with Crippen LogP contribution in [0, 0.1) is 0 Å². The van der Waals surface area contributed by atoms with Crippen LogP contribution in [0.4, 0.5) is 0 Å². The molecule has 0 radical (unpaired) electrons. The lowest BCUT2D eigenvalue weighted by atomic mass is 9.79. The summed E-state index contributed by atoms with van der Waals surface area (Å²) in [7, 11) is 0. The standard InChI is InChI=1S/C53H42N2/c1-53(2)46-32-42(37-24-28-41(29-25-37)52-54-48(38-16-8-4-9-17-38)34-49(55-52)39-18-10-5-11-19-39)30-31-45(46)51-47(53)33-43-20-12-13-21-44(43)50(51)40-26-22-36(23-27-40)35-14-6-3-7-15-35/h3-22,24-26,28-34,52,54H,23,27H2,1-2H3. The first-order valence-corrected chi connectivity index (χ1v) is 19.5. The summed E-state index contributed by atoms with van der Waals surface area (Å²) in [5.41, 5.74) is 18.9. The molecule has 0 saturated heterocycles. The Bertz CT molecular complexity index is 2710. The zero-order valence-electron chi connectivity index (χ0n) is 31.3. The van der Waals surface area contributed by atoms with Gasteiger partial charge in [0.25, 0.3) is 0 Å². The highest BCUT2D eigenvalue weighted by molar-refractivity contribution is 6.13. The van der Waals surface area contributed by atoms with Crippen molar-refractivity contribution in [3.63, 3.8) is 0 Å². The molecule has 0 saturated carbocycles. The summed E-state index contributed by atoms with van der Waals surface area (Å²) in [5, 5.41) is 6.37. The molecule has 2 nitrogen and oxygen atoms in total. The Balaban J connectivity index is 1.01. The number of nitrogens with zero attached hydrogens (tertiary/aromatic N) is 1. The summed E-state index contributed by atoms with van der Waals surface area (Å²) >= 11 is 0. The van der Waals surface area contributed by atoms with Crippen molar-refractivity contribution < 1.29 is 0 Å². The van der Waals surface area contributed by atoms with Crippen molar-refractivity contribution in [2.45, 2.75) is 38.3 Å². The van der Waals surface area contributed by atoms with Crippen LogP contribution in [0.3, 0.4) is 0 Å². The molecule has 264 valence electrons. The normalized spacial score (nSPS) is 16.9. The zero-order chi connectivity index (χ0) is 36.9. The van der Waals surface area contributed by atoms with Crippen LogP contribution in [-0.4, -0.2) is 5.71 Å². The summed E-state index contributed by atoms with van der Waals surface area (Å²) in [6.45, 7) is 4.81. The van der Waals surface area contributed by atoms with Gasteiger partial charge in [0.05, 0.1) is 5.71 Å². The van der Waals surface area contributed by atoms with Gasteiger partial charge < -0.3 is 5.32 Å². The van der Waals surface area contributed by atoms with E-state index in [0.717, 1.165) is 40.9 Å². The molecule has 0 aromatic heterocycles. The maximum atomic E-state index is 5.20. The molecule has 1 N–H and O–H groups in total. The second-order valence-electron chi connectivity index (χ2n) is 15.5. The topological polar surface area (TPSA) is 24.4 Å². The van der Waals surface area contributed by atoms with Crippen LogP contribution in [-0.2, 0) is 5.41 Å². The third kappa shape index (κ3) is 5.86. The van der Waals surface area contributed by atoms with Gasteiger partial charge in [-0.1, -0.05) is 178 Å². The van der Waals surface area contributed by atoms with Gasteiger partial charge in [0.2, 0.25) is 0 Å². The van der Waals surface area contributed by atoms with E-state index in [1.807, 2.05) is 0 Å². The minimum Gasteiger partial charge on any atom is -0.360 e. The van der Waals surface area contributed by atoms with E-state index in [4.69, 9.17) is 4.99 Å². The third-order valence-corrected chi connectivity index (χ3v) is 11.9. The van der Waals surface area contributed by atoms with E-state index in [9.17, 15) is 0 Å². The van der Waals surface area contributed by atoms with Crippen LogP contribution >= 0.6 is 0 Å². The second kappa shape index (κ2) is 13.4. The van der Waals surface area contributed by atoms with Gasteiger partial charge in [-0.3, -0.25) is 4.99 Å². The first kappa shape index (κ1) is 33.1. The minimum atomic E-state index is -0.196. The highest BCUT2D eigenvalue weighted by Crippen LogP contribution is 2.54. The minimum absolute atomic E-state index is 0.144. The number of fused-ring (bicyclic) bond motifs is 4. The molecule has 0 spiro atoms. The molecule has 1 atom stereocenters. The van der Waals surface area contributed by atoms with Crippen LogP contribution in [0.1, 0.15) is 71.8 Å². The van der Waals surface area contributed by atoms with Gasteiger partial charge in [-0.15, -0.1) is 0 Å². The van der Waals surface area contributed by atoms with Gasteiger partial charge in [0.15, 0.2) is 0 Å². The molecule has 55 heavy (non-hydrogen) atoms. The zero-order valence-corrected chi connectivity index (χ0v) is 31.3. The number of allylic oxidation sites excluding steroid dienone is 5. The number of hydrogen-bond donors (Lipinski definition) is 1. The highest BCUT2D eigenvalue weighted by atomic mass is 15.1. The van der Waals surface area contributed by atoms with Crippen molar-refractivity contribution >= 4 is 33.3 Å². The van der Waals surface area contributed by atoms with Crippen molar-refractivity contribution in [1.29, 1.82) is 0 Å². The summed E-state index contributed by atoms with van der Waals surface area (Å²) < 4.78 is 0. The first-order chi connectivity index (χ1) is 27.0. The molecule has 2 aliphatic carbocycles. The smallest absolute Gasteiger partial charge is 0.145 e. The average Bonchev–Trinajstić information content (AvgIpc) is 3.48. The Labute approximate surface area is 324 Å². The largest absolute Gasteiger partial charge is 0.360 e. The molecule has 2 heteroatoms. The summed E-state index contributed by atoms with van der Waals surface area (Å²) in [6, 6.07) is 59.4. The van der Waals surface area contributed by atoms with E-state index in [-0.39, 0.29) is 11.6 Å². The maximum absolute atomic E-state index is 5.20. The van der Waals surface area contributed by atoms with Gasteiger partial charge in [0, 0.05) is 11.1 Å². The van der Waals surface area contributed by atoms with E-state index in [1.165, 1.54) is 66.4 Å². The fourth-order valence-electron chi connectivity index (χ4n) is 8.90. The van der Waals surface area contributed by atoms with Crippen molar-refractivity contribution in [1.82, 2.24) is 5.32 Å². The van der Waals surface area contributed by atoms with E-state index < -0.39 is 0 Å². The number of nitrogens with one attached hydrogen (secondary N) is 1. The van der Waals surface area contributed by atoms with Gasteiger partial charge in [0.1, 0.15) is 6.17 Å². The van der Waals surface area contributed by atoms with Crippen LogP contribution < -0.4 is 5.32 Å². The Kier molecular flexibility index (Phi) is 8.07. The molecular formula is C53H42N2. The fourth-order valence-corrected chi connectivity index (χ4v) is 8.90. The Morgan fingerprint density at radius 1 is 0.527 bits per heavy atom. The third-order valence-electron chi connectivity index (χ3n) is 11.9. The predicted octanol–water partition coefficient (Wildman–Crippen LogP) is 13.2. The number of rotatable bonds is 6. The van der Waals surface area contributed by atoms with Gasteiger partial charge in [-0.25, -0.2) is 0 Å². The molecule has 3 aliphatic rings. The van der Waals surface area contributed by atoms with Crippen LogP contribution in [0.2, 0.25) is 0 Å². The van der Waals surface area contributed by atoms with Gasteiger partial charge in [-0.05, 0) is 114 Å². The molecule has 0 amide bonds. The molecule has 0 bridgehead atoms. The molecule has 1 heterocycles. The summed E-state index contributed by atoms with van der Waals surface area (Å²) in [5.74, 6) is 0. The van der Waals surface area contributed by atoms with E-state index in [2.05, 4.69) is 201 Å². The van der Waals surface area contributed by atoms with Gasteiger partial charge in [-0.2, -0.15) is 0 Å². The molecule has 7 aromatic carbocycles. The van der Waals surface area contributed by atoms with Crippen molar-refractivity contribution in [2.24, 2.45) is 4.99 Å². The monoisotopic (exact) mass is 706 g/mol. The summed E-state index contributed by atoms with van der Waals surface area (Å²) in [6.07, 6.45) is 8.78. The molecule has 7 aromatic rings. The lowest BCUT2D eigenvalue weighted by Crippen LogP contribution is -2.24. The van der Waals surface area contributed by atoms with Crippen molar-refractivity contribution in [3.05, 3.63) is 221 Å². The first-order valence-electron chi connectivity index (χ1n) is 19.5. The van der Waals surface area contributed by atoms with Crippen molar-refractivity contribution in [2.75, 3.05) is 0 Å². The second-order valence-corrected chi connectivity index (χ2v) is 15.5. The van der Waals surface area contributed by atoms with E-state index in [1.54, 1.807) is 0 Å².